The minimum Gasteiger partial charge on any atom is -0.477 e. The maximum absolute atomic E-state index is 13.5. The Balaban J connectivity index is 1.24. The number of thiazole rings is 1. The third-order valence-corrected chi connectivity index (χ3v) is 9.33. The smallest absolute Gasteiger partial charge is 0.352 e. The van der Waals surface area contributed by atoms with Crippen molar-refractivity contribution in [2.75, 3.05) is 27.8 Å². The number of aliphatic carboxylic acids is 1. The molecule has 0 bridgehead atoms. The predicted octanol–water partition coefficient (Wildman–Crippen LogP) is 2.60. The zero-order valence-corrected chi connectivity index (χ0v) is 23.3. The van der Waals surface area contributed by atoms with Crippen LogP contribution in [0.15, 0.2) is 63.8 Å². The van der Waals surface area contributed by atoms with Crippen molar-refractivity contribution >= 4 is 69.6 Å². The number of nitrogens with zero attached hydrogens (tertiary/aromatic N) is 5. The lowest BCUT2D eigenvalue weighted by atomic mass is 9.98. The number of carboxylic acid groups (broad SMARTS) is 1. The zero-order chi connectivity index (χ0) is 28.7. The monoisotopic (exact) mass is 594 g/mol. The van der Waals surface area contributed by atoms with Crippen LogP contribution in [0.4, 0.5) is 16.6 Å². The standard InChI is InChI=1S/C27H26N6O6S2/c28-27-30-19(14-41-27)32(20(34)11-29-39-18-8-4-5-9-18)22-24(36)33-21(26(37)38)16(13-40-25(22)33)10-15-12-31(23(15)35)17-6-2-1-3-7-17/h1-3,6-7,10-11,14,18,22,25H,4-5,8-9,12-13H2,(H2,28,30)(H,37,38)/b15-10-,29-11-/t22-,25-/m1/s1. The molecule has 6 rings (SSSR count). The highest BCUT2D eigenvalue weighted by atomic mass is 32.2. The third-order valence-electron chi connectivity index (χ3n) is 7.38. The number of para-hydroxylation sites is 1. The summed E-state index contributed by atoms with van der Waals surface area (Å²) in [5.41, 5.74) is 7.20. The SMILES string of the molecule is Nc1nc(N(C(=O)/C=N\OC2CCCC2)[C@@H]2C(=O)N3C(C(=O)O)=C(/C=C4/CN(c5ccccc5)C4=O)CS[C@H]23)cs1. The van der Waals surface area contributed by atoms with E-state index in [1.54, 1.807) is 16.4 Å². The van der Waals surface area contributed by atoms with Crippen LogP contribution in [0, 0.1) is 0 Å². The van der Waals surface area contributed by atoms with Crippen LogP contribution in [0.2, 0.25) is 0 Å². The number of amides is 3. The van der Waals surface area contributed by atoms with Crippen molar-refractivity contribution < 1.29 is 29.1 Å². The highest BCUT2D eigenvalue weighted by Gasteiger charge is 2.57. The molecule has 41 heavy (non-hydrogen) atoms. The lowest BCUT2D eigenvalue weighted by Gasteiger charge is -2.52. The fraction of sp³-hybridized carbons (Fsp3) is 0.333. The van der Waals surface area contributed by atoms with Gasteiger partial charge in [0.25, 0.3) is 17.7 Å². The number of oxime groups is 1. The number of nitrogen functional groups attached to an aromatic ring is 1. The van der Waals surface area contributed by atoms with Crippen LogP contribution in [0.1, 0.15) is 25.7 Å². The Morgan fingerprint density at radius 2 is 1.95 bits per heavy atom. The van der Waals surface area contributed by atoms with Gasteiger partial charge in [-0.15, -0.1) is 23.1 Å². The lowest BCUT2D eigenvalue weighted by Crippen LogP contribution is -2.72. The summed E-state index contributed by atoms with van der Waals surface area (Å²) in [7, 11) is 0. The van der Waals surface area contributed by atoms with E-state index in [-0.39, 0.29) is 34.4 Å². The normalized spacial score (nSPS) is 23.6. The largest absolute Gasteiger partial charge is 0.477 e. The number of β-lactam (4-membered cyclic amide) rings is 2. The van der Waals surface area contributed by atoms with Gasteiger partial charge in [-0.1, -0.05) is 23.4 Å². The van der Waals surface area contributed by atoms with Gasteiger partial charge in [-0.25, -0.2) is 9.78 Å². The maximum Gasteiger partial charge on any atom is 0.352 e. The van der Waals surface area contributed by atoms with E-state index in [0.717, 1.165) is 48.9 Å². The second kappa shape index (κ2) is 11.0. The van der Waals surface area contributed by atoms with Crippen LogP contribution in [-0.2, 0) is 24.0 Å². The first-order chi connectivity index (χ1) is 19.8. The zero-order valence-electron chi connectivity index (χ0n) is 21.7. The molecule has 3 fully saturated rings. The molecule has 0 spiro atoms. The molecule has 3 N–H and O–H groups in total. The molecule has 212 valence electrons. The predicted molar refractivity (Wildman–Crippen MR) is 154 cm³/mol. The summed E-state index contributed by atoms with van der Waals surface area (Å²) < 4.78 is 0. The van der Waals surface area contributed by atoms with Crippen LogP contribution in [0.5, 0.6) is 0 Å². The van der Waals surface area contributed by atoms with Gasteiger partial charge in [0.1, 0.15) is 35.2 Å². The Bertz CT molecular complexity index is 1500. The van der Waals surface area contributed by atoms with Crippen molar-refractivity contribution in [3.05, 3.63) is 58.6 Å². The molecule has 2 aromatic rings. The molecule has 3 aliphatic heterocycles. The van der Waals surface area contributed by atoms with Gasteiger partial charge in [-0.05, 0) is 49.5 Å². The van der Waals surface area contributed by atoms with Crippen LogP contribution >= 0.6 is 23.1 Å². The molecule has 4 aliphatic rings. The number of aromatic nitrogens is 1. The second-order valence-electron chi connectivity index (χ2n) is 9.93. The first-order valence-electron chi connectivity index (χ1n) is 13.1. The fourth-order valence-electron chi connectivity index (χ4n) is 5.36. The number of hydrogen-bond donors (Lipinski definition) is 2. The number of anilines is 3. The average Bonchev–Trinajstić information content (AvgIpc) is 3.65. The molecule has 1 aliphatic carbocycles. The Kier molecular flexibility index (Phi) is 7.26. The van der Waals surface area contributed by atoms with E-state index in [9.17, 15) is 24.3 Å². The Labute approximate surface area is 243 Å². The van der Waals surface area contributed by atoms with Crippen LogP contribution in [0.25, 0.3) is 0 Å². The molecule has 4 heterocycles. The van der Waals surface area contributed by atoms with Gasteiger partial charge in [0, 0.05) is 22.4 Å². The van der Waals surface area contributed by atoms with Gasteiger partial charge in [0.15, 0.2) is 5.13 Å². The van der Waals surface area contributed by atoms with E-state index in [0.29, 0.717) is 17.7 Å². The van der Waals surface area contributed by atoms with Crippen molar-refractivity contribution in [2.45, 2.75) is 43.2 Å². The summed E-state index contributed by atoms with van der Waals surface area (Å²) in [5, 5.41) is 15.1. The Morgan fingerprint density at radius 1 is 1.20 bits per heavy atom. The van der Waals surface area contributed by atoms with E-state index in [2.05, 4.69) is 10.1 Å². The molecular formula is C27H26N6O6S2. The van der Waals surface area contributed by atoms with Gasteiger partial charge in [-0.2, -0.15) is 0 Å². The van der Waals surface area contributed by atoms with Crippen molar-refractivity contribution in [1.29, 1.82) is 0 Å². The van der Waals surface area contributed by atoms with Gasteiger partial charge >= 0.3 is 5.97 Å². The quantitative estimate of drug-likeness (QED) is 0.203. The van der Waals surface area contributed by atoms with E-state index in [1.165, 1.54) is 21.6 Å². The molecule has 0 unspecified atom stereocenters. The maximum atomic E-state index is 13.5. The molecule has 2 atom stereocenters. The molecular weight excluding hydrogens is 568 g/mol. The van der Waals surface area contributed by atoms with Gasteiger partial charge in [-0.3, -0.25) is 24.2 Å². The number of rotatable bonds is 8. The molecule has 1 aromatic carbocycles. The minimum atomic E-state index is -1.29. The van der Waals surface area contributed by atoms with E-state index in [1.807, 2.05) is 30.3 Å². The molecule has 1 saturated carbocycles. The summed E-state index contributed by atoms with van der Waals surface area (Å²) in [6.45, 7) is 0.333. The summed E-state index contributed by atoms with van der Waals surface area (Å²) >= 11 is 2.43. The topological polar surface area (TPSA) is 159 Å². The molecule has 1 aromatic heterocycles. The Hall–Kier alpha value is -4.17. The second-order valence-corrected chi connectivity index (χ2v) is 11.9. The number of carboxylic acids is 1. The van der Waals surface area contributed by atoms with Gasteiger partial charge in [0.2, 0.25) is 0 Å². The molecule has 0 radical (unpaired) electrons. The highest BCUT2D eigenvalue weighted by molar-refractivity contribution is 8.00. The number of nitrogens with two attached hydrogens (primary N) is 1. The summed E-state index contributed by atoms with van der Waals surface area (Å²) in [5.74, 6) is -2.30. The number of benzene rings is 1. The number of allylic oxidation sites excluding steroid dienone is 1. The first-order valence-corrected chi connectivity index (χ1v) is 15.0. The number of carbonyl (C=O) groups excluding carboxylic acids is 3. The number of thioether (sulfide) groups is 1. The molecule has 2 saturated heterocycles. The van der Waals surface area contributed by atoms with E-state index >= 15 is 0 Å². The summed E-state index contributed by atoms with van der Waals surface area (Å²) in [6.07, 6.45) is 6.35. The number of carbonyl (C=O) groups is 4. The van der Waals surface area contributed by atoms with Crippen LogP contribution < -0.4 is 15.5 Å². The van der Waals surface area contributed by atoms with E-state index in [4.69, 9.17) is 10.6 Å². The van der Waals surface area contributed by atoms with Gasteiger partial charge < -0.3 is 20.6 Å². The minimum absolute atomic E-state index is 0.0460. The average molecular weight is 595 g/mol. The third kappa shape index (κ3) is 4.97. The lowest BCUT2D eigenvalue weighted by molar-refractivity contribution is -0.148. The van der Waals surface area contributed by atoms with Crippen molar-refractivity contribution in [2.24, 2.45) is 5.16 Å². The molecule has 3 amide bonds. The van der Waals surface area contributed by atoms with E-state index < -0.39 is 29.2 Å². The highest BCUT2D eigenvalue weighted by Crippen LogP contribution is 2.44. The van der Waals surface area contributed by atoms with Gasteiger partial charge in [0.05, 0.1) is 6.54 Å². The van der Waals surface area contributed by atoms with Crippen molar-refractivity contribution in [1.82, 2.24) is 9.88 Å². The number of fused-ring (bicyclic) bond motifs is 1. The molecule has 14 heteroatoms. The van der Waals surface area contributed by atoms with Crippen LogP contribution in [-0.4, -0.2) is 74.7 Å². The van der Waals surface area contributed by atoms with Crippen molar-refractivity contribution in [3.63, 3.8) is 0 Å². The number of hydrogen-bond acceptors (Lipinski definition) is 10. The fourth-order valence-corrected chi connectivity index (χ4v) is 7.25. The van der Waals surface area contributed by atoms with Crippen LogP contribution in [0.3, 0.4) is 0 Å². The summed E-state index contributed by atoms with van der Waals surface area (Å²) in [4.78, 5) is 65.6. The van der Waals surface area contributed by atoms with Crippen molar-refractivity contribution in [3.8, 4) is 0 Å². The first kappa shape index (κ1) is 27.0. The molecule has 12 nitrogen and oxygen atoms in total. The Morgan fingerprint density at radius 3 is 2.61 bits per heavy atom. The summed E-state index contributed by atoms with van der Waals surface area (Å²) in [6, 6.07) is 8.16.